The maximum Gasteiger partial charge on any atom is 0.227 e. The minimum absolute atomic E-state index is 0.0626. The lowest BCUT2D eigenvalue weighted by Crippen LogP contribution is -2.28. The third-order valence-corrected chi connectivity index (χ3v) is 7.41. The van der Waals surface area contributed by atoms with Crippen LogP contribution in [0.4, 0.5) is 0 Å². The van der Waals surface area contributed by atoms with E-state index >= 15 is 0 Å². The number of fused-ring (bicyclic) bond motifs is 1. The highest BCUT2D eigenvalue weighted by Gasteiger charge is 2.21. The Bertz CT molecular complexity index is 327. The highest BCUT2D eigenvalue weighted by Crippen LogP contribution is 2.47. The molecule has 1 N–H and O–H groups in total. The molecule has 2 bridgehead atoms. The summed E-state index contributed by atoms with van der Waals surface area (Å²) in [6, 6.07) is 0. The summed E-state index contributed by atoms with van der Waals surface area (Å²) in [5.74, 6) is 2.36. The van der Waals surface area contributed by atoms with Gasteiger partial charge in [0.15, 0.2) is 0 Å². The average molecular weight is 259 g/mol. The lowest BCUT2D eigenvalue weighted by Gasteiger charge is -2.22. The molecular formula is C10H14NOPS2. The average Bonchev–Trinajstić information content (AvgIpc) is 2.25. The van der Waals surface area contributed by atoms with Crippen LogP contribution in [-0.4, -0.2) is 24.5 Å². The SMILES string of the molecule is CNC(=O)C1C=C2C=C(CSPSC2)C1. The summed E-state index contributed by atoms with van der Waals surface area (Å²) < 4.78 is 0. The van der Waals surface area contributed by atoms with Crippen LogP contribution in [0.2, 0.25) is 0 Å². The summed E-state index contributed by atoms with van der Waals surface area (Å²) in [4.78, 5) is 11.6. The lowest BCUT2D eigenvalue weighted by atomic mass is 9.91. The second kappa shape index (κ2) is 5.42. The molecule has 0 saturated carbocycles. The summed E-state index contributed by atoms with van der Waals surface area (Å²) in [7, 11) is 1.71. The Morgan fingerprint density at radius 1 is 1.53 bits per heavy atom. The van der Waals surface area contributed by atoms with Gasteiger partial charge in [-0.05, 0) is 19.0 Å². The first-order valence-electron chi connectivity index (χ1n) is 4.90. The van der Waals surface area contributed by atoms with Crippen molar-refractivity contribution in [3.05, 3.63) is 23.3 Å². The second-order valence-corrected chi connectivity index (χ2v) is 8.68. The fourth-order valence-corrected chi connectivity index (χ4v) is 6.19. The number of hydrogen-bond donors (Lipinski definition) is 1. The van der Waals surface area contributed by atoms with Gasteiger partial charge in [-0.3, -0.25) is 4.79 Å². The van der Waals surface area contributed by atoms with Gasteiger partial charge in [-0.1, -0.05) is 17.7 Å². The first kappa shape index (κ1) is 11.6. The van der Waals surface area contributed by atoms with Crippen LogP contribution in [0, 0.1) is 5.92 Å². The van der Waals surface area contributed by atoms with E-state index in [0.717, 1.165) is 24.9 Å². The van der Waals surface area contributed by atoms with E-state index in [-0.39, 0.29) is 11.8 Å². The fraction of sp³-hybridized carbons (Fsp3) is 0.500. The molecule has 82 valence electrons. The zero-order valence-corrected chi connectivity index (χ0v) is 11.2. The molecule has 0 spiro atoms. The number of carbonyl (C=O) groups is 1. The van der Waals surface area contributed by atoms with E-state index in [9.17, 15) is 4.79 Å². The van der Waals surface area contributed by atoms with Gasteiger partial charge in [-0.2, -0.15) is 0 Å². The molecule has 2 aliphatic rings. The molecule has 2 nitrogen and oxygen atoms in total. The fourth-order valence-electron chi connectivity index (χ4n) is 1.79. The van der Waals surface area contributed by atoms with Crippen molar-refractivity contribution in [2.45, 2.75) is 6.42 Å². The second-order valence-electron chi connectivity index (χ2n) is 3.63. The molecule has 1 aliphatic heterocycles. The van der Waals surface area contributed by atoms with Crippen molar-refractivity contribution in [1.82, 2.24) is 5.32 Å². The number of amides is 1. The van der Waals surface area contributed by atoms with Crippen molar-refractivity contribution in [2.24, 2.45) is 5.92 Å². The minimum Gasteiger partial charge on any atom is -0.359 e. The Morgan fingerprint density at radius 3 is 3.13 bits per heavy atom. The topological polar surface area (TPSA) is 29.1 Å². The van der Waals surface area contributed by atoms with Gasteiger partial charge in [0.05, 0.1) is 5.92 Å². The van der Waals surface area contributed by atoms with Crippen molar-refractivity contribution in [3.63, 3.8) is 0 Å². The van der Waals surface area contributed by atoms with Crippen LogP contribution in [0.3, 0.4) is 0 Å². The molecule has 2 atom stereocenters. The standard InChI is InChI=1S/C10H14NOPS2/c1-11-10(12)9-3-7-2-8(4-9)6-15-13-14-5-7/h2-3,9,13H,4-6H2,1H3,(H,11,12). The monoisotopic (exact) mass is 259 g/mol. The summed E-state index contributed by atoms with van der Waals surface area (Å²) in [6.45, 7) is 0.937. The number of carbonyl (C=O) groups excluding carboxylic acids is 1. The Morgan fingerprint density at radius 2 is 2.33 bits per heavy atom. The Labute approximate surface area is 100 Å². The van der Waals surface area contributed by atoms with Crippen LogP contribution in [0.15, 0.2) is 23.3 Å². The highest BCUT2D eigenvalue weighted by atomic mass is 33.1. The number of allylic oxidation sites excluding steroid dienone is 1. The summed E-state index contributed by atoms with van der Waals surface area (Å²) in [5.41, 5.74) is 2.77. The van der Waals surface area contributed by atoms with Gasteiger partial charge in [-0.15, -0.1) is 22.8 Å². The maximum atomic E-state index is 11.6. The normalized spacial score (nSPS) is 27.4. The highest BCUT2D eigenvalue weighted by molar-refractivity contribution is 8.82. The van der Waals surface area contributed by atoms with Crippen LogP contribution in [0.5, 0.6) is 0 Å². The van der Waals surface area contributed by atoms with Gasteiger partial charge in [-0.25, -0.2) is 0 Å². The van der Waals surface area contributed by atoms with E-state index in [2.05, 4.69) is 17.5 Å². The Hall–Kier alpha value is 0.0800. The van der Waals surface area contributed by atoms with Crippen LogP contribution in [0.25, 0.3) is 0 Å². The minimum atomic E-state index is 0.0626. The third kappa shape index (κ3) is 3.02. The number of hydrogen-bond acceptors (Lipinski definition) is 3. The first-order valence-corrected chi connectivity index (χ1v) is 9.32. The van der Waals surface area contributed by atoms with Crippen LogP contribution in [0.1, 0.15) is 6.42 Å². The summed E-state index contributed by atoms with van der Waals surface area (Å²) in [5, 5.41) is 2.74. The molecule has 5 heteroatoms. The van der Waals surface area contributed by atoms with Crippen molar-refractivity contribution in [1.29, 1.82) is 0 Å². The van der Waals surface area contributed by atoms with Crippen molar-refractivity contribution in [3.8, 4) is 0 Å². The largest absolute Gasteiger partial charge is 0.359 e. The van der Waals surface area contributed by atoms with E-state index < -0.39 is 0 Å². The lowest BCUT2D eigenvalue weighted by molar-refractivity contribution is -0.123. The quantitative estimate of drug-likeness (QED) is 0.734. The van der Waals surface area contributed by atoms with E-state index in [0.29, 0.717) is 0 Å². The molecule has 2 unspecified atom stereocenters. The van der Waals surface area contributed by atoms with E-state index in [4.69, 9.17) is 0 Å². The van der Waals surface area contributed by atoms with E-state index in [1.54, 1.807) is 7.05 Å². The van der Waals surface area contributed by atoms with Crippen molar-refractivity contribution < 1.29 is 4.79 Å². The predicted octanol–water partition coefficient (Wildman–Crippen LogP) is 2.59. The van der Waals surface area contributed by atoms with Crippen molar-refractivity contribution >= 4 is 35.7 Å². The predicted molar refractivity (Wildman–Crippen MR) is 71.6 cm³/mol. The van der Waals surface area contributed by atoms with Gasteiger partial charge in [0.1, 0.15) is 0 Å². The molecule has 15 heavy (non-hydrogen) atoms. The van der Waals surface area contributed by atoms with Gasteiger partial charge in [0.2, 0.25) is 5.91 Å². The molecule has 0 aromatic carbocycles. The Kier molecular flexibility index (Phi) is 4.18. The zero-order chi connectivity index (χ0) is 10.7. The van der Waals surface area contributed by atoms with Gasteiger partial charge in [0, 0.05) is 18.6 Å². The van der Waals surface area contributed by atoms with E-state index in [1.165, 1.54) is 11.1 Å². The number of nitrogens with one attached hydrogen (secondary N) is 1. The number of rotatable bonds is 1. The van der Waals surface area contributed by atoms with Crippen LogP contribution in [-0.2, 0) is 4.79 Å². The van der Waals surface area contributed by atoms with Crippen LogP contribution >= 0.6 is 29.7 Å². The molecule has 0 aromatic heterocycles. The molecular weight excluding hydrogens is 245 g/mol. The molecule has 2 rings (SSSR count). The maximum absolute atomic E-state index is 11.6. The smallest absolute Gasteiger partial charge is 0.227 e. The van der Waals surface area contributed by atoms with Crippen LogP contribution < -0.4 is 5.32 Å². The molecule has 0 fully saturated rings. The van der Waals surface area contributed by atoms with Crippen molar-refractivity contribution in [2.75, 3.05) is 18.6 Å². The third-order valence-electron chi connectivity index (χ3n) is 2.48. The molecule has 0 saturated heterocycles. The summed E-state index contributed by atoms with van der Waals surface area (Å²) in [6.07, 6.45) is 5.32. The van der Waals surface area contributed by atoms with Gasteiger partial charge < -0.3 is 5.32 Å². The summed E-state index contributed by atoms with van der Waals surface area (Å²) >= 11 is 3.95. The molecule has 1 aliphatic carbocycles. The van der Waals surface area contributed by atoms with Gasteiger partial charge >= 0.3 is 0 Å². The Balaban J connectivity index is 2.15. The molecule has 0 radical (unpaired) electrons. The first-order chi connectivity index (χ1) is 7.29. The molecule has 1 heterocycles. The van der Waals surface area contributed by atoms with E-state index in [1.807, 2.05) is 22.8 Å². The zero-order valence-electron chi connectivity index (χ0n) is 8.58. The molecule has 1 amide bonds. The molecule has 0 aromatic rings. The van der Waals surface area contributed by atoms with Gasteiger partial charge in [0.25, 0.3) is 0 Å².